The highest BCUT2D eigenvalue weighted by atomic mass is 35.5. The monoisotopic (exact) mass is 444 g/mol. The van der Waals surface area contributed by atoms with E-state index in [1.807, 2.05) is 36.4 Å². The third kappa shape index (κ3) is 7.06. The van der Waals surface area contributed by atoms with Gasteiger partial charge in [-0.1, -0.05) is 43.7 Å². The van der Waals surface area contributed by atoms with E-state index in [4.69, 9.17) is 4.74 Å². The second-order valence-electron chi connectivity index (χ2n) is 7.44. The summed E-state index contributed by atoms with van der Waals surface area (Å²) in [5, 5.41) is 12.0. The third-order valence-electron chi connectivity index (χ3n) is 5.37. The molecule has 0 bridgehead atoms. The molecule has 0 aliphatic rings. The van der Waals surface area contributed by atoms with Gasteiger partial charge in [-0.3, -0.25) is 4.79 Å². The highest BCUT2D eigenvalue weighted by molar-refractivity contribution is 5.94. The van der Waals surface area contributed by atoms with E-state index in [2.05, 4.69) is 39.5 Å². The first-order valence-corrected chi connectivity index (χ1v) is 10.8. The molecule has 0 atom stereocenters. The molecule has 3 aromatic rings. The molecule has 0 aliphatic carbocycles. The van der Waals surface area contributed by atoms with Crippen molar-refractivity contribution in [1.29, 1.82) is 0 Å². The quantitative estimate of drug-likeness (QED) is 0.400. The van der Waals surface area contributed by atoms with Crippen LogP contribution in [-0.4, -0.2) is 55.0 Å². The first kappa shape index (κ1) is 24.9. The van der Waals surface area contributed by atoms with Crippen LogP contribution in [0.5, 0.6) is 0 Å². The topological polar surface area (TPSA) is 70.2 Å². The molecule has 0 fully saturated rings. The van der Waals surface area contributed by atoms with Crippen molar-refractivity contribution in [2.24, 2.45) is 0 Å². The Morgan fingerprint density at radius 2 is 1.84 bits per heavy atom. The highest BCUT2D eigenvalue weighted by Crippen LogP contribution is 2.26. The molecule has 0 radical (unpaired) electrons. The lowest BCUT2D eigenvalue weighted by Gasteiger charge is -2.19. The predicted octanol–water partition coefficient (Wildman–Crippen LogP) is 4.56. The Morgan fingerprint density at radius 1 is 1.03 bits per heavy atom. The van der Waals surface area contributed by atoms with Crippen molar-refractivity contribution >= 4 is 28.9 Å². The van der Waals surface area contributed by atoms with Crippen molar-refractivity contribution in [2.45, 2.75) is 26.2 Å². The summed E-state index contributed by atoms with van der Waals surface area (Å²) in [5.74, 6) is 0. The van der Waals surface area contributed by atoms with E-state index >= 15 is 0 Å². The molecular weight excluding hydrogens is 412 g/mol. The molecule has 2 aromatic carbocycles. The zero-order chi connectivity index (χ0) is 21.2. The van der Waals surface area contributed by atoms with Gasteiger partial charge in [-0.05, 0) is 44.1 Å². The summed E-state index contributed by atoms with van der Waals surface area (Å²) < 4.78 is 5.17. The molecule has 168 valence electrons. The third-order valence-corrected chi connectivity index (χ3v) is 5.37. The summed E-state index contributed by atoms with van der Waals surface area (Å²) >= 11 is 0. The number of nitrogens with zero attached hydrogens (tertiary/aromatic N) is 2. The summed E-state index contributed by atoms with van der Waals surface area (Å²) in [6.07, 6.45) is 3.53. The molecule has 1 aromatic heterocycles. The number of likely N-dealkylation sites (N-methyl/N-ethyl adjacent to an activating group) is 1. The number of anilines is 1. The smallest absolute Gasteiger partial charge is 0.272 e. The van der Waals surface area contributed by atoms with Crippen molar-refractivity contribution in [1.82, 2.24) is 15.1 Å². The maximum absolute atomic E-state index is 12.0. The molecule has 1 heterocycles. The van der Waals surface area contributed by atoms with E-state index in [1.54, 1.807) is 7.11 Å². The number of fused-ring (bicyclic) bond motifs is 1. The number of ether oxygens (including phenoxy) is 1. The Bertz CT molecular complexity index is 992. The average molecular weight is 445 g/mol. The van der Waals surface area contributed by atoms with Gasteiger partial charge in [0.05, 0.1) is 17.7 Å². The molecule has 0 saturated heterocycles. The minimum absolute atomic E-state index is 0. The Labute approximate surface area is 190 Å². The fourth-order valence-electron chi connectivity index (χ4n) is 3.63. The van der Waals surface area contributed by atoms with Gasteiger partial charge >= 0.3 is 0 Å². The molecule has 0 spiro atoms. The molecule has 2 N–H and O–H groups in total. The lowest BCUT2D eigenvalue weighted by atomic mass is 10.0. The molecule has 31 heavy (non-hydrogen) atoms. The van der Waals surface area contributed by atoms with Gasteiger partial charge in [-0.15, -0.1) is 12.4 Å². The fourth-order valence-corrected chi connectivity index (χ4v) is 3.63. The van der Waals surface area contributed by atoms with Gasteiger partial charge < -0.3 is 15.0 Å². The highest BCUT2D eigenvalue weighted by Gasteiger charge is 2.08. The number of aromatic nitrogens is 2. The van der Waals surface area contributed by atoms with Gasteiger partial charge in [0.15, 0.2) is 0 Å². The molecule has 6 nitrogen and oxygen atoms in total. The lowest BCUT2D eigenvalue weighted by molar-refractivity contribution is 0.149. The predicted molar refractivity (Wildman–Crippen MR) is 131 cm³/mol. The maximum atomic E-state index is 12.0. The largest absolute Gasteiger partial charge is 0.385 e. The van der Waals surface area contributed by atoms with Crippen molar-refractivity contribution in [2.75, 3.05) is 45.2 Å². The minimum atomic E-state index is -0.160. The normalized spacial score (nSPS) is 10.9. The zero-order valence-electron chi connectivity index (χ0n) is 18.4. The number of H-pyrrole nitrogens is 1. The molecule has 0 saturated carbocycles. The van der Waals surface area contributed by atoms with Crippen LogP contribution in [0.4, 0.5) is 5.69 Å². The van der Waals surface area contributed by atoms with Crippen LogP contribution in [0, 0.1) is 0 Å². The number of nitrogens with one attached hydrogen (secondary N) is 2. The van der Waals surface area contributed by atoms with Gasteiger partial charge in [-0.2, -0.15) is 5.10 Å². The molecule has 0 unspecified atom stereocenters. The first-order chi connectivity index (χ1) is 14.7. The summed E-state index contributed by atoms with van der Waals surface area (Å²) in [6, 6.07) is 15.8. The van der Waals surface area contributed by atoms with Gasteiger partial charge in [0, 0.05) is 36.8 Å². The van der Waals surface area contributed by atoms with E-state index in [9.17, 15) is 4.79 Å². The molecular formula is C24H33ClN4O2. The molecule has 0 aliphatic heterocycles. The van der Waals surface area contributed by atoms with Crippen LogP contribution in [0.15, 0.2) is 53.3 Å². The van der Waals surface area contributed by atoms with Crippen molar-refractivity contribution in [3.63, 3.8) is 0 Å². The summed E-state index contributed by atoms with van der Waals surface area (Å²) in [7, 11) is 1.75. The SMILES string of the molecule is CCN(CCCCCNc1cccc(-c2n[nH]c(=O)c3ccccc23)c1)CCOC.Cl. The van der Waals surface area contributed by atoms with Crippen LogP contribution in [0.1, 0.15) is 26.2 Å². The van der Waals surface area contributed by atoms with Gasteiger partial charge in [0.1, 0.15) is 0 Å². The number of methoxy groups -OCH3 is 1. The first-order valence-electron chi connectivity index (χ1n) is 10.8. The van der Waals surface area contributed by atoms with E-state index in [-0.39, 0.29) is 18.0 Å². The van der Waals surface area contributed by atoms with Crippen LogP contribution in [0.3, 0.4) is 0 Å². The molecule has 0 amide bonds. The standard InChI is InChI=1S/C24H32N4O2.ClH/c1-3-28(16-17-30-2)15-8-4-7-14-25-20-11-9-10-19(18-20)23-21-12-5-6-13-22(21)24(29)27-26-23;/h5-6,9-13,18,25H,3-4,7-8,14-17H2,1-2H3,(H,27,29);1H. The molecule has 7 heteroatoms. The van der Waals surface area contributed by atoms with Crippen molar-refractivity contribution < 1.29 is 4.74 Å². The summed E-state index contributed by atoms with van der Waals surface area (Å²) in [4.78, 5) is 14.5. The Balaban J connectivity index is 0.00000341. The number of benzene rings is 2. The van der Waals surface area contributed by atoms with Gasteiger partial charge in [0.2, 0.25) is 0 Å². The fraction of sp³-hybridized carbons (Fsp3) is 0.417. The second-order valence-corrected chi connectivity index (χ2v) is 7.44. The van der Waals surface area contributed by atoms with E-state index < -0.39 is 0 Å². The Kier molecular flexibility index (Phi) is 10.5. The summed E-state index contributed by atoms with van der Waals surface area (Å²) in [6.45, 7) is 7.14. The Hall–Kier alpha value is -2.41. The Morgan fingerprint density at radius 3 is 2.61 bits per heavy atom. The summed E-state index contributed by atoms with van der Waals surface area (Å²) in [5.41, 5.74) is 2.70. The van der Waals surface area contributed by atoms with Gasteiger partial charge in [0.25, 0.3) is 5.56 Å². The maximum Gasteiger partial charge on any atom is 0.272 e. The number of unbranched alkanes of at least 4 members (excludes halogenated alkanes) is 2. The van der Waals surface area contributed by atoms with Crippen molar-refractivity contribution in [3.8, 4) is 11.3 Å². The van der Waals surface area contributed by atoms with Crippen LogP contribution in [0.2, 0.25) is 0 Å². The number of rotatable bonds is 12. The average Bonchev–Trinajstić information content (AvgIpc) is 2.79. The van der Waals surface area contributed by atoms with Crippen LogP contribution >= 0.6 is 12.4 Å². The lowest BCUT2D eigenvalue weighted by Crippen LogP contribution is -2.28. The molecule has 3 rings (SSSR count). The van der Waals surface area contributed by atoms with E-state index in [0.29, 0.717) is 5.39 Å². The van der Waals surface area contributed by atoms with Crippen LogP contribution in [-0.2, 0) is 4.74 Å². The number of aromatic amines is 1. The van der Waals surface area contributed by atoms with Gasteiger partial charge in [-0.25, -0.2) is 5.10 Å². The minimum Gasteiger partial charge on any atom is -0.385 e. The van der Waals surface area contributed by atoms with Crippen molar-refractivity contribution in [3.05, 3.63) is 58.9 Å². The zero-order valence-corrected chi connectivity index (χ0v) is 19.2. The van der Waals surface area contributed by atoms with Crippen LogP contribution < -0.4 is 10.9 Å². The second kappa shape index (κ2) is 13.1. The van der Waals surface area contributed by atoms with E-state index in [1.165, 1.54) is 12.8 Å². The van der Waals surface area contributed by atoms with E-state index in [0.717, 1.165) is 61.5 Å². The number of hydrogen-bond donors (Lipinski definition) is 2. The van der Waals surface area contributed by atoms with Crippen LogP contribution in [0.25, 0.3) is 22.0 Å². The number of hydrogen-bond acceptors (Lipinski definition) is 5. The number of halogens is 1.